The number of nitrogens with zero attached hydrogens (tertiary/aromatic N) is 1. The summed E-state index contributed by atoms with van der Waals surface area (Å²) < 4.78 is 21.0. The zero-order valence-electron chi connectivity index (χ0n) is 16.6. The van der Waals surface area contributed by atoms with Crippen LogP contribution in [0.1, 0.15) is 34.2 Å². The Morgan fingerprint density at radius 1 is 1.07 bits per heavy atom. The van der Waals surface area contributed by atoms with Crippen LogP contribution in [-0.2, 0) is 16.1 Å². The molecule has 3 aromatic rings. The quantitative estimate of drug-likeness (QED) is 0.627. The van der Waals surface area contributed by atoms with Crippen molar-refractivity contribution >= 4 is 17.6 Å². The van der Waals surface area contributed by atoms with E-state index in [4.69, 9.17) is 4.74 Å². The molecule has 0 spiro atoms. The van der Waals surface area contributed by atoms with E-state index in [1.807, 2.05) is 48.7 Å². The van der Waals surface area contributed by atoms with Gasteiger partial charge in [0.1, 0.15) is 5.82 Å². The Morgan fingerprint density at radius 2 is 1.72 bits per heavy atom. The second-order valence-electron chi connectivity index (χ2n) is 6.87. The summed E-state index contributed by atoms with van der Waals surface area (Å²) in [6.07, 6.45) is -1.07. The molecule has 0 aliphatic rings. The van der Waals surface area contributed by atoms with E-state index in [1.54, 1.807) is 12.1 Å². The lowest BCUT2D eigenvalue weighted by Crippen LogP contribution is -2.30. The van der Waals surface area contributed by atoms with E-state index in [0.29, 0.717) is 12.1 Å². The third kappa shape index (κ3) is 4.71. The number of hydrogen-bond acceptors (Lipinski definition) is 3. The van der Waals surface area contributed by atoms with Gasteiger partial charge in [0.2, 0.25) is 0 Å². The van der Waals surface area contributed by atoms with Crippen LogP contribution in [-0.4, -0.2) is 22.5 Å². The van der Waals surface area contributed by atoms with Crippen molar-refractivity contribution in [2.24, 2.45) is 0 Å². The van der Waals surface area contributed by atoms with Gasteiger partial charge in [-0.25, -0.2) is 9.18 Å². The number of aryl methyl sites for hydroxylation is 1. The molecule has 3 rings (SSSR count). The number of anilines is 1. The van der Waals surface area contributed by atoms with Crippen molar-refractivity contribution in [1.82, 2.24) is 4.57 Å². The Morgan fingerprint density at radius 3 is 2.41 bits per heavy atom. The standard InChI is InChI=1S/C23H23FN2O3/c1-15-13-19(16(2)26(15)14-18-9-5-4-6-10-18)23(28)29-17(3)22(27)25-21-12-8-7-11-20(21)24/h4-13,17H,14H2,1-3H3,(H,25,27)/t17-/m0/s1. The fourth-order valence-corrected chi connectivity index (χ4v) is 3.09. The maximum absolute atomic E-state index is 13.7. The molecule has 0 saturated carbocycles. The molecule has 1 aromatic heterocycles. The number of para-hydroxylation sites is 1. The van der Waals surface area contributed by atoms with Crippen molar-refractivity contribution in [3.8, 4) is 0 Å². The van der Waals surface area contributed by atoms with Crippen LogP contribution in [0.2, 0.25) is 0 Å². The Balaban J connectivity index is 1.69. The van der Waals surface area contributed by atoms with Crippen LogP contribution in [0.3, 0.4) is 0 Å². The first kappa shape index (κ1) is 20.3. The van der Waals surface area contributed by atoms with Gasteiger partial charge in [0.05, 0.1) is 11.3 Å². The van der Waals surface area contributed by atoms with Gasteiger partial charge >= 0.3 is 5.97 Å². The number of hydrogen-bond donors (Lipinski definition) is 1. The zero-order valence-corrected chi connectivity index (χ0v) is 16.6. The Labute approximate surface area is 169 Å². The molecule has 1 N–H and O–H groups in total. The van der Waals surface area contributed by atoms with Crippen molar-refractivity contribution < 1.29 is 18.7 Å². The van der Waals surface area contributed by atoms with Gasteiger partial charge < -0.3 is 14.6 Å². The second-order valence-corrected chi connectivity index (χ2v) is 6.87. The predicted molar refractivity (Wildman–Crippen MR) is 109 cm³/mol. The van der Waals surface area contributed by atoms with Gasteiger partial charge in [0, 0.05) is 17.9 Å². The smallest absolute Gasteiger partial charge is 0.340 e. The van der Waals surface area contributed by atoms with Crippen LogP contribution in [0.15, 0.2) is 60.7 Å². The van der Waals surface area contributed by atoms with Gasteiger partial charge in [-0.15, -0.1) is 0 Å². The SMILES string of the molecule is Cc1cc(C(=O)O[C@@H](C)C(=O)Nc2ccccc2F)c(C)n1Cc1ccccc1. The van der Waals surface area contributed by atoms with E-state index in [-0.39, 0.29) is 5.69 Å². The molecule has 0 aliphatic heterocycles. The Hall–Kier alpha value is -3.41. The summed E-state index contributed by atoms with van der Waals surface area (Å²) in [5.41, 5.74) is 3.25. The number of aromatic nitrogens is 1. The molecule has 1 atom stereocenters. The van der Waals surface area contributed by atoms with Crippen LogP contribution >= 0.6 is 0 Å². The maximum atomic E-state index is 13.7. The summed E-state index contributed by atoms with van der Waals surface area (Å²) in [7, 11) is 0. The molecule has 1 amide bonds. The highest BCUT2D eigenvalue weighted by atomic mass is 19.1. The molecule has 6 heteroatoms. The minimum atomic E-state index is -1.07. The van der Waals surface area contributed by atoms with Gasteiger partial charge in [-0.3, -0.25) is 4.79 Å². The van der Waals surface area contributed by atoms with Gasteiger partial charge in [-0.2, -0.15) is 0 Å². The number of amides is 1. The van der Waals surface area contributed by atoms with Crippen LogP contribution in [0.5, 0.6) is 0 Å². The number of carbonyl (C=O) groups is 2. The van der Waals surface area contributed by atoms with Crippen molar-refractivity contribution in [2.75, 3.05) is 5.32 Å². The fourth-order valence-electron chi connectivity index (χ4n) is 3.09. The minimum Gasteiger partial charge on any atom is -0.449 e. The van der Waals surface area contributed by atoms with Crippen molar-refractivity contribution in [2.45, 2.75) is 33.4 Å². The molecule has 2 aromatic carbocycles. The number of carbonyl (C=O) groups excluding carboxylic acids is 2. The van der Waals surface area contributed by atoms with E-state index in [2.05, 4.69) is 5.32 Å². The van der Waals surface area contributed by atoms with E-state index >= 15 is 0 Å². The van der Waals surface area contributed by atoms with Gasteiger partial charge in [0.25, 0.3) is 5.91 Å². The van der Waals surface area contributed by atoms with Crippen molar-refractivity contribution in [3.05, 3.63) is 89.0 Å². The average Bonchev–Trinajstić information content (AvgIpc) is 2.98. The van der Waals surface area contributed by atoms with Gasteiger partial charge in [-0.05, 0) is 44.5 Å². The number of benzene rings is 2. The predicted octanol–water partition coefficient (Wildman–Crippen LogP) is 4.48. The largest absolute Gasteiger partial charge is 0.449 e. The number of rotatable bonds is 6. The Kier molecular flexibility index (Phi) is 6.12. The molecule has 1 heterocycles. The lowest BCUT2D eigenvalue weighted by atomic mass is 10.2. The first-order chi connectivity index (χ1) is 13.9. The molecule has 150 valence electrons. The van der Waals surface area contributed by atoms with E-state index in [1.165, 1.54) is 25.1 Å². The first-order valence-electron chi connectivity index (χ1n) is 9.34. The maximum Gasteiger partial charge on any atom is 0.340 e. The molecule has 29 heavy (non-hydrogen) atoms. The van der Waals surface area contributed by atoms with Gasteiger partial charge in [0.15, 0.2) is 6.10 Å². The van der Waals surface area contributed by atoms with Crippen LogP contribution in [0.25, 0.3) is 0 Å². The highest BCUT2D eigenvalue weighted by Crippen LogP contribution is 2.19. The van der Waals surface area contributed by atoms with E-state index in [0.717, 1.165) is 17.0 Å². The van der Waals surface area contributed by atoms with Crippen molar-refractivity contribution in [1.29, 1.82) is 0 Å². The third-order valence-electron chi connectivity index (χ3n) is 4.76. The zero-order chi connectivity index (χ0) is 21.0. The van der Waals surface area contributed by atoms with E-state index < -0.39 is 23.8 Å². The number of nitrogens with one attached hydrogen (secondary N) is 1. The molecule has 0 aliphatic carbocycles. The summed E-state index contributed by atoms with van der Waals surface area (Å²) in [5.74, 6) is -1.74. The summed E-state index contributed by atoms with van der Waals surface area (Å²) in [6.45, 7) is 5.85. The molecule has 0 radical (unpaired) electrons. The summed E-state index contributed by atoms with van der Waals surface area (Å²) >= 11 is 0. The summed E-state index contributed by atoms with van der Waals surface area (Å²) in [5, 5.41) is 2.43. The van der Waals surface area contributed by atoms with Gasteiger partial charge in [-0.1, -0.05) is 42.5 Å². The molecular formula is C23H23FN2O3. The fraction of sp³-hybridized carbons (Fsp3) is 0.217. The van der Waals surface area contributed by atoms with Crippen LogP contribution < -0.4 is 5.32 Å². The lowest BCUT2D eigenvalue weighted by Gasteiger charge is -2.14. The first-order valence-corrected chi connectivity index (χ1v) is 9.34. The van der Waals surface area contributed by atoms with Crippen molar-refractivity contribution in [3.63, 3.8) is 0 Å². The number of ether oxygens (including phenoxy) is 1. The molecular weight excluding hydrogens is 371 g/mol. The molecule has 0 bridgehead atoms. The molecule has 0 unspecified atom stereocenters. The lowest BCUT2D eigenvalue weighted by molar-refractivity contribution is -0.123. The number of esters is 1. The van der Waals surface area contributed by atoms with E-state index in [9.17, 15) is 14.0 Å². The summed E-state index contributed by atoms with van der Waals surface area (Å²) in [4.78, 5) is 24.9. The molecule has 0 saturated heterocycles. The second kappa shape index (κ2) is 8.73. The minimum absolute atomic E-state index is 0.0430. The molecule has 5 nitrogen and oxygen atoms in total. The highest BCUT2D eigenvalue weighted by Gasteiger charge is 2.23. The molecule has 0 fully saturated rings. The highest BCUT2D eigenvalue weighted by molar-refractivity contribution is 5.97. The topological polar surface area (TPSA) is 60.3 Å². The summed E-state index contributed by atoms with van der Waals surface area (Å²) in [6, 6.07) is 17.5. The monoisotopic (exact) mass is 394 g/mol. The number of halogens is 1. The van der Waals surface area contributed by atoms with Crippen LogP contribution in [0, 0.1) is 19.7 Å². The normalized spacial score (nSPS) is 11.7. The van der Waals surface area contributed by atoms with Crippen LogP contribution in [0.4, 0.5) is 10.1 Å². The average molecular weight is 394 g/mol. The Bertz CT molecular complexity index is 1030. The third-order valence-corrected chi connectivity index (χ3v) is 4.76.